The molecule has 31 heavy (non-hydrogen) atoms. The summed E-state index contributed by atoms with van der Waals surface area (Å²) in [5.74, 6) is 0.915. The Morgan fingerprint density at radius 2 is 2.03 bits per heavy atom. The molecule has 2 aliphatic heterocycles. The first-order chi connectivity index (χ1) is 15.1. The molecular formula is C23H25ClN4OS2. The summed E-state index contributed by atoms with van der Waals surface area (Å²) in [6, 6.07) is 10.4. The van der Waals surface area contributed by atoms with E-state index in [1.807, 2.05) is 30.6 Å². The zero-order chi connectivity index (χ0) is 21.4. The molecule has 4 heterocycles. The maximum atomic E-state index is 6.69. The fourth-order valence-electron chi connectivity index (χ4n) is 4.50. The average Bonchev–Trinajstić information content (AvgIpc) is 3.42. The molecule has 2 atom stereocenters. The zero-order valence-corrected chi connectivity index (χ0v) is 19.7. The molecular weight excluding hydrogens is 448 g/mol. The minimum Gasteiger partial charge on any atom is -0.376 e. The quantitative estimate of drug-likeness (QED) is 0.552. The van der Waals surface area contributed by atoms with Gasteiger partial charge in [-0.25, -0.2) is 9.97 Å². The lowest BCUT2D eigenvalue weighted by atomic mass is 9.73. The Balaban J connectivity index is 1.26. The topological polar surface area (TPSA) is 64.3 Å². The summed E-state index contributed by atoms with van der Waals surface area (Å²) < 4.78 is 5.83. The van der Waals surface area contributed by atoms with Gasteiger partial charge >= 0.3 is 0 Å². The molecule has 0 saturated carbocycles. The summed E-state index contributed by atoms with van der Waals surface area (Å²) in [6.45, 7) is 4.71. The van der Waals surface area contributed by atoms with Gasteiger partial charge in [0.2, 0.25) is 0 Å². The van der Waals surface area contributed by atoms with E-state index in [1.54, 1.807) is 23.1 Å². The van der Waals surface area contributed by atoms with E-state index < -0.39 is 0 Å². The molecule has 5 rings (SSSR count). The molecule has 3 aromatic rings. The van der Waals surface area contributed by atoms with E-state index >= 15 is 0 Å². The molecule has 0 amide bonds. The molecule has 2 saturated heterocycles. The predicted molar refractivity (Wildman–Crippen MR) is 128 cm³/mol. The number of hydrogen-bond acceptors (Lipinski definition) is 7. The van der Waals surface area contributed by atoms with Crippen LogP contribution in [0.15, 0.2) is 58.0 Å². The van der Waals surface area contributed by atoms with Crippen molar-refractivity contribution >= 4 is 40.5 Å². The van der Waals surface area contributed by atoms with E-state index in [1.165, 1.54) is 4.88 Å². The maximum Gasteiger partial charge on any atom is 0.147 e. The van der Waals surface area contributed by atoms with Crippen molar-refractivity contribution < 1.29 is 4.74 Å². The van der Waals surface area contributed by atoms with E-state index in [2.05, 4.69) is 39.3 Å². The predicted octanol–water partition coefficient (Wildman–Crippen LogP) is 5.34. The monoisotopic (exact) mass is 472 g/mol. The Labute approximate surface area is 196 Å². The third-order valence-corrected chi connectivity index (χ3v) is 8.91. The van der Waals surface area contributed by atoms with Crippen LogP contribution < -0.4 is 10.6 Å². The van der Waals surface area contributed by atoms with Gasteiger partial charge in [-0.05, 0) is 37.3 Å². The highest BCUT2D eigenvalue weighted by Crippen LogP contribution is 2.42. The first-order valence-electron chi connectivity index (χ1n) is 10.5. The van der Waals surface area contributed by atoms with Crippen LogP contribution in [0, 0.1) is 5.41 Å². The van der Waals surface area contributed by atoms with E-state index in [-0.39, 0.29) is 17.6 Å². The first-order valence-corrected chi connectivity index (χ1v) is 12.6. The first kappa shape index (κ1) is 21.2. The fraction of sp³-hybridized carbons (Fsp3) is 0.391. The third-order valence-electron chi connectivity index (χ3n) is 6.51. The summed E-state index contributed by atoms with van der Waals surface area (Å²) in [5, 5.41) is 3.65. The van der Waals surface area contributed by atoms with Gasteiger partial charge in [0, 0.05) is 39.9 Å². The summed E-state index contributed by atoms with van der Waals surface area (Å²) >= 11 is 9.92. The van der Waals surface area contributed by atoms with Gasteiger partial charge in [-0.3, -0.25) is 0 Å². The lowest BCUT2D eigenvalue weighted by molar-refractivity contribution is 0.0974. The largest absolute Gasteiger partial charge is 0.376 e. The van der Waals surface area contributed by atoms with Crippen molar-refractivity contribution in [3.63, 3.8) is 0 Å². The lowest BCUT2D eigenvalue weighted by Crippen LogP contribution is -2.50. The van der Waals surface area contributed by atoms with Crippen molar-refractivity contribution in [2.24, 2.45) is 11.1 Å². The van der Waals surface area contributed by atoms with Crippen molar-refractivity contribution in [3.8, 4) is 10.4 Å². The van der Waals surface area contributed by atoms with Crippen LogP contribution in [0.25, 0.3) is 10.4 Å². The second-order valence-electron chi connectivity index (χ2n) is 8.30. The highest BCUT2D eigenvalue weighted by molar-refractivity contribution is 7.99. The third kappa shape index (κ3) is 4.10. The van der Waals surface area contributed by atoms with Crippen LogP contribution in [0.2, 0.25) is 5.02 Å². The number of anilines is 1. The van der Waals surface area contributed by atoms with Crippen LogP contribution in [0.3, 0.4) is 0 Å². The maximum absolute atomic E-state index is 6.69. The van der Waals surface area contributed by atoms with Crippen molar-refractivity contribution in [3.05, 3.63) is 53.1 Å². The number of piperidine rings is 1. The number of halogens is 1. The molecule has 0 unspecified atom stereocenters. The molecule has 162 valence electrons. The number of nitrogens with two attached hydrogens (primary N) is 1. The van der Waals surface area contributed by atoms with E-state index in [9.17, 15) is 0 Å². The molecule has 0 aliphatic carbocycles. The Morgan fingerprint density at radius 3 is 2.68 bits per heavy atom. The number of nitrogens with zero attached hydrogens (tertiary/aromatic N) is 3. The number of ether oxygens (including phenoxy) is 1. The van der Waals surface area contributed by atoms with Gasteiger partial charge < -0.3 is 15.4 Å². The van der Waals surface area contributed by atoms with E-state index in [4.69, 9.17) is 22.1 Å². The molecule has 2 fully saturated rings. The molecule has 2 aromatic heterocycles. The Bertz CT molecular complexity index is 1040. The summed E-state index contributed by atoms with van der Waals surface area (Å²) in [4.78, 5) is 13.8. The molecule has 0 radical (unpaired) electrons. The molecule has 1 aromatic carbocycles. The van der Waals surface area contributed by atoms with Crippen LogP contribution in [0.1, 0.15) is 19.8 Å². The second kappa shape index (κ2) is 8.71. The molecule has 2 N–H and O–H groups in total. The highest BCUT2D eigenvalue weighted by Gasteiger charge is 2.47. The fourth-order valence-corrected chi connectivity index (χ4v) is 6.44. The van der Waals surface area contributed by atoms with Gasteiger partial charge in [0.15, 0.2) is 0 Å². The smallest absolute Gasteiger partial charge is 0.147 e. The lowest BCUT2D eigenvalue weighted by Gasteiger charge is -2.41. The SMILES string of the molecule is C[C@@H]1OCC2(CCN(c3cnc(Sc4cccc(-c5cccs5)c4Cl)cn3)CC2)[C@@H]1N. The number of thiophene rings is 1. The summed E-state index contributed by atoms with van der Waals surface area (Å²) in [6.07, 6.45) is 5.91. The van der Waals surface area contributed by atoms with Crippen LogP contribution in [0.4, 0.5) is 5.82 Å². The highest BCUT2D eigenvalue weighted by atomic mass is 35.5. The van der Waals surface area contributed by atoms with Crippen LogP contribution in [0.5, 0.6) is 0 Å². The van der Waals surface area contributed by atoms with Crippen LogP contribution in [-0.2, 0) is 4.74 Å². The Kier molecular flexibility index (Phi) is 5.96. The molecule has 8 heteroatoms. The molecule has 1 spiro atoms. The second-order valence-corrected chi connectivity index (χ2v) is 10.7. The Hall–Kier alpha value is -1.64. The van der Waals surface area contributed by atoms with Gasteiger partial charge in [0.05, 0.1) is 30.1 Å². The zero-order valence-electron chi connectivity index (χ0n) is 17.3. The van der Waals surface area contributed by atoms with Gasteiger partial charge in [0.1, 0.15) is 10.8 Å². The number of hydrogen-bond donors (Lipinski definition) is 1. The van der Waals surface area contributed by atoms with Gasteiger partial charge in [-0.15, -0.1) is 11.3 Å². The average molecular weight is 473 g/mol. The van der Waals surface area contributed by atoms with Gasteiger partial charge in [0.25, 0.3) is 0 Å². The van der Waals surface area contributed by atoms with Crippen LogP contribution in [-0.4, -0.2) is 41.8 Å². The summed E-state index contributed by atoms with van der Waals surface area (Å²) in [7, 11) is 0. The molecule has 0 bridgehead atoms. The standard InChI is InChI=1S/C23H25ClN4OS2/c1-15-22(25)23(14-29-15)7-9-28(10-8-23)19-12-27-20(13-26-19)31-18-5-2-4-16(21(18)24)17-6-3-11-30-17/h2-6,11-13,15,22H,7-10,14,25H2,1H3/t15-,22+/m0/s1. The van der Waals surface area contributed by atoms with Crippen molar-refractivity contribution in [2.45, 2.75) is 41.8 Å². The normalized spacial score (nSPS) is 22.9. The number of rotatable bonds is 4. The van der Waals surface area contributed by atoms with E-state index in [0.717, 1.165) is 58.9 Å². The summed E-state index contributed by atoms with van der Waals surface area (Å²) in [5.41, 5.74) is 7.60. The van der Waals surface area contributed by atoms with Crippen molar-refractivity contribution in [2.75, 3.05) is 24.6 Å². The molecule has 5 nitrogen and oxygen atoms in total. The van der Waals surface area contributed by atoms with Gasteiger partial charge in [-0.2, -0.15) is 0 Å². The van der Waals surface area contributed by atoms with Crippen molar-refractivity contribution in [1.82, 2.24) is 9.97 Å². The Morgan fingerprint density at radius 1 is 1.19 bits per heavy atom. The minimum atomic E-state index is 0.115. The molecule has 2 aliphatic rings. The number of aromatic nitrogens is 2. The van der Waals surface area contributed by atoms with Crippen LogP contribution >= 0.6 is 34.7 Å². The van der Waals surface area contributed by atoms with Crippen molar-refractivity contribution in [1.29, 1.82) is 0 Å². The van der Waals surface area contributed by atoms with Gasteiger partial charge in [-0.1, -0.05) is 41.6 Å². The number of benzene rings is 1. The minimum absolute atomic E-state index is 0.115. The van der Waals surface area contributed by atoms with E-state index in [0.29, 0.717) is 0 Å².